The maximum atomic E-state index is 9.05. The number of hydrogen-bond acceptors (Lipinski definition) is 3. The van der Waals surface area contributed by atoms with Gasteiger partial charge in [-0.05, 0) is 50.3 Å². The molecule has 17 heavy (non-hydrogen) atoms. The number of likely N-dealkylation sites (tertiary alicyclic amines) is 1. The average molecular weight is 234 g/mol. The molecule has 1 fully saturated rings. The maximum absolute atomic E-state index is 9.05. The molecule has 0 aromatic carbocycles. The fourth-order valence-electron chi connectivity index (χ4n) is 2.82. The molecule has 0 bridgehead atoms. The predicted molar refractivity (Wildman–Crippen MR) is 68.5 cm³/mol. The Balaban J connectivity index is 2.01. The van der Waals surface area contributed by atoms with E-state index in [1.165, 1.54) is 12.0 Å². The van der Waals surface area contributed by atoms with Gasteiger partial charge in [-0.1, -0.05) is 0 Å². The minimum absolute atomic E-state index is 0.239. The zero-order valence-corrected chi connectivity index (χ0v) is 10.8. The number of nitrogens with zero attached hydrogens (tertiary/aromatic N) is 2. The number of hydrogen-bond donors (Lipinski definition) is 1. The van der Waals surface area contributed by atoms with Gasteiger partial charge in [0.05, 0.1) is 0 Å². The zero-order valence-electron chi connectivity index (χ0n) is 10.8. The van der Waals surface area contributed by atoms with Crippen molar-refractivity contribution in [2.45, 2.75) is 38.8 Å². The lowest BCUT2D eigenvalue weighted by atomic mass is 9.94. The molecular formula is C14H22N2O. The molecule has 0 amide bonds. The number of rotatable bonds is 4. The summed E-state index contributed by atoms with van der Waals surface area (Å²) in [6, 6.07) is 4.16. The molecule has 1 aromatic rings. The van der Waals surface area contributed by atoms with E-state index in [4.69, 9.17) is 5.11 Å². The van der Waals surface area contributed by atoms with Gasteiger partial charge in [0.1, 0.15) is 0 Å². The van der Waals surface area contributed by atoms with Crippen molar-refractivity contribution in [1.29, 1.82) is 0 Å². The zero-order chi connectivity index (χ0) is 12.3. The minimum atomic E-state index is 0.239. The van der Waals surface area contributed by atoms with Crippen LogP contribution in [0.2, 0.25) is 0 Å². The first-order chi connectivity index (χ1) is 8.12. The molecule has 1 N–H and O–H groups in total. The fourth-order valence-corrected chi connectivity index (χ4v) is 2.82. The summed E-state index contributed by atoms with van der Waals surface area (Å²) in [4.78, 5) is 6.57. The molecule has 3 heteroatoms. The van der Waals surface area contributed by atoms with Gasteiger partial charge >= 0.3 is 0 Å². The van der Waals surface area contributed by atoms with E-state index in [2.05, 4.69) is 35.9 Å². The van der Waals surface area contributed by atoms with E-state index >= 15 is 0 Å². The summed E-state index contributed by atoms with van der Waals surface area (Å²) in [5, 5.41) is 9.05. The molecule has 1 aliphatic heterocycles. The molecular weight excluding hydrogens is 212 g/mol. The Hall–Kier alpha value is -0.930. The van der Waals surface area contributed by atoms with Crippen molar-refractivity contribution in [2.24, 2.45) is 5.92 Å². The van der Waals surface area contributed by atoms with Gasteiger partial charge in [0.25, 0.3) is 0 Å². The van der Waals surface area contributed by atoms with Crippen molar-refractivity contribution in [3.05, 3.63) is 30.1 Å². The lowest BCUT2D eigenvalue weighted by Gasteiger charge is -2.31. The van der Waals surface area contributed by atoms with Crippen molar-refractivity contribution in [2.75, 3.05) is 13.2 Å². The number of aromatic nitrogens is 1. The third-order valence-electron chi connectivity index (χ3n) is 3.78. The second kappa shape index (κ2) is 5.15. The molecule has 0 saturated carbocycles. The van der Waals surface area contributed by atoms with Crippen LogP contribution in [-0.2, 0) is 6.54 Å². The maximum Gasteiger partial charge on any atom is 0.0434 e. The van der Waals surface area contributed by atoms with Gasteiger partial charge < -0.3 is 5.11 Å². The lowest BCUT2D eigenvalue weighted by Crippen LogP contribution is -2.37. The largest absolute Gasteiger partial charge is 0.396 e. The summed E-state index contributed by atoms with van der Waals surface area (Å²) in [6.45, 7) is 6.98. The first kappa shape index (κ1) is 12.5. The van der Waals surface area contributed by atoms with E-state index in [1.807, 2.05) is 12.4 Å². The summed E-state index contributed by atoms with van der Waals surface area (Å²) in [7, 11) is 0. The highest BCUT2D eigenvalue weighted by atomic mass is 16.3. The summed E-state index contributed by atoms with van der Waals surface area (Å²) in [5.41, 5.74) is 1.56. The monoisotopic (exact) mass is 234 g/mol. The standard InChI is InChI=1S/C14H22N2O/c1-14(2)9-13(5-8-17)11-16(14)10-12-3-6-15-7-4-12/h3-4,6-7,13,17H,5,8-11H2,1-2H3. The highest BCUT2D eigenvalue weighted by molar-refractivity contribution is 5.11. The quantitative estimate of drug-likeness (QED) is 0.866. The molecule has 1 aromatic heterocycles. The van der Waals surface area contributed by atoms with E-state index in [1.54, 1.807) is 0 Å². The highest BCUT2D eigenvalue weighted by Crippen LogP contribution is 2.35. The van der Waals surface area contributed by atoms with Gasteiger partial charge in [-0.15, -0.1) is 0 Å². The van der Waals surface area contributed by atoms with Gasteiger partial charge in [-0.25, -0.2) is 0 Å². The van der Waals surface area contributed by atoms with Crippen molar-refractivity contribution < 1.29 is 5.11 Å². The molecule has 1 saturated heterocycles. The van der Waals surface area contributed by atoms with E-state index in [0.29, 0.717) is 12.5 Å². The highest BCUT2D eigenvalue weighted by Gasteiger charge is 2.37. The Morgan fingerprint density at radius 2 is 2.12 bits per heavy atom. The Labute approximate surface area is 103 Å². The van der Waals surface area contributed by atoms with Crippen LogP contribution in [0.1, 0.15) is 32.3 Å². The Kier molecular flexibility index (Phi) is 3.79. The molecule has 2 rings (SSSR count). The third kappa shape index (κ3) is 3.05. The third-order valence-corrected chi connectivity index (χ3v) is 3.78. The van der Waals surface area contributed by atoms with Crippen LogP contribution in [0.4, 0.5) is 0 Å². The van der Waals surface area contributed by atoms with Crippen LogP contribution in [0.5, 0.6) is 0 Å². The van der Waals surface area contributed by atoms with Crippen LogP contribution in [0.3, 0.4) is 0 Å². The van der Waals surface area contributed by atoms with E-state index in [0.717, 1.165) is 19.5 Å². The Morgan fingerprint density at radius 1 is 1.41 bits per heavy atom. The molecule has 3 nitrogen and oxygen atoms in total. The molecule has 0 aliphatic carbocycles. The van der Waals surface area contributed by atoms with Crippen LogP contribution in [0.25, 0.3) is 0 Å². The molecule has 2 heterocycles. The topological polar surface area (TPSA) is 36.4 Å². The summed E-state index contributed by atoms with van der Waals surface area (Å²) in [6.07, 6.45) is 5.81. The second-order valence-corrected chi connectivity index (χ2v) is 5.63. The normalized spacial score (nSPS) is 24.1. The summed E-state index contributed by atoms with van der Waals surface area (Å²) < 4.78 is 0. The SMILES string of the molecule is CC1(C)CC(CCO)CN1Cc1ccncc1. The van der Waals surface area contributed by atoms with Crippen molar-refractivity contribution in [1.82, 2.24) is 9.88 Å². The number of aliphatic hydroxyl groups is 1. The number of pyridine rings is 1. The smallest absolute Gasteiger partial charge is 0.0434 e. The van der Waals surface area contributed by atoms with Crippen LogP contribution in [-0.4, -0.2) is 33.7 Å². The molecule has 1 aliphatic rings. The van der Waals surface area contributed by atoms with Gasteiger partial charge in [-0.3, -0.25) is 9.88 Å². The van der Waals surface area contributed by atoms with Crippen LogP contribution in [0.15, 0.2) is 24.5 Å². The lowest BCUT2D eigenvalue weighted by molar-refractivity contribution is 0.165. The van der Waals surface area contributed by atoms with Crippen molar-refractivity contribution in [3.8, 4) is 0 Å². The van der Waals surface area contributed by atoms with Crippen molar-refractivity contribution in [3.63, 3.8) is 0 Å². The first-order valence-corrected chi connectivity index (χ1v) is 6.36. The Bertz CT molecular complexity index is 350. The van der Waals surface area contributed by atoms with Crippen molar-refractivity contribution >= 4 is 0 Å². The molecule has 1 unspecified atom stereocenters. The van der Waals surface area contributed by atoms with Crippen LogP contribution in [0, 0.1) is 5.92 Å². The molecule has 94 valence electrons. The van der Waals surface area contributed by atoms with Gasteiger partial charge in [0.2, 0.25) is 0 Å². The Morgan fingerprint density at radius 3 is 2.76 bits per heavy atom. The predicted octanol–water partition coefficient (Wildman–Crippen LogP) is 2.06. The summed E-state index contributed by atoms with van der Waals surface area (Å²) >= 11 is 0. The van der Waals surface area contributed by atoms with E-state index < -0.39 is 0 Å². The average Bonchev–Trinajstić information content (AvgIpc) is 2.55. The minimum Gasteiger partial charge on any atom is -0.396 e. The first-order valence-electron chi connectivity index (χ1n) is 6.36. The van der Waals surface area contributed by atoms with Gasteiger partial charge in [0, 0.05) is 37.6 Å². The van der Waals surface area contributed by atoms with Gasteiger partial charge in [0.15, 0.2) is 0 Å². The van der Waals surface area contributed by atoms with Crippen LogP contribution >= 0.6 is 0 Å². The fraction of sp³-hybridized carbons (Fsp3) is 0.643. The molecule has 0 spiro atoms. The molecule has 0 radical (unpaired) electrons. The van der Waals surface area contributed by atoms with E-state index in [-0.39, 0.29) is 5.54 Å². The van der Waals surface area contributed by atoms with Crippen LogP contribution < -0.4 is 0 Å². The van der Waals surface area contributed by atoms with E-state index in [9.17, 15) is 0 Å². The molecule has 1 atom stereocenters. The summed E-state index contributed by atoms with van der Waals surface area (Å²) in [5.74, 6) is 0.636. The number of aliphatic hydroxyl groups excluding tert-OH is 1. The second-order valence-electron chi connectivity index (χ2n) is 5.63. The van der Waals surface area contributed by atoms with Gasteiger partial charge in [-0.2, -0.15) is 0 Å².